The largest absolute Gasteiger partial charge is 0.360 e. The Bertz CT molecular complexity index is 999. The van der Waals surface area contributed by atoms with Gasteiger partial charge in [-0.05, 0) is 13.3 Å². The molecular formula is C22H24N4O2S. The average Bonchev–Trinajstić information content (AvgIpc) is 3.33. The first-order valence-corrected chi connectivity index (χ1v) is 11.0. The number of benzene rings is 1. The van der Waals surface area contributed by atoms with Crippen molar-refractivity contribution in [3.8, 4) is 10.6 Å². The van der Waals surface area contributed by atoms with Crippen LogP contribution >= 0.6 is 11.3 Å². The van der Waals surface area contributed by atoms with E-state index < -0.39 is 0 Å². The number of nitrogens with zero attached hydrogens (tertiary/aromatic N) is 4. The molecule has 5 rings (SSSR count). The van der Waals surface area contributed by atoms with Crippen molar-refractivity contribution >= 4 is 17.2 Å². The molecule has 2 fully saturated rings. The molecule has 2 aliphatic rings. The maximum absolute atomic E-state index is 12.8. The van der Waals surface area contributed by atoms with Gasteiger partial charge < -0.3 is 9.42 Å². The molecule has 0 radical (unpaired) electrons. The Morgan fingerprint density at radius 2 is 2.14 bits per heavy atom. The zero-order valence-electron chi connectivity index (χ0n) is 16.5. The SMILES string of the molecule is Cc1cc(CN2CC[C@H]3[C@@H](C2)CN3C(=O)Cc2csc(-c3ccccc3)n2)on1. The summed E-state index contributed by atoms with van der Waals surface area (Å²) in [5.41, 5.74) is 2.91. The van der Waals surface area contributed by atoms with E-state index in [1.165, 1.54) is 0 Å². The predicted octanol–water partition coefficient (Wildman–Crippen LogP) is 3.38. The lowest BCUT2D eigenvalue weighted by Crippen LogP contribution is -2.65. The third kappa shape index (κ3) is 3.84. The van der Waals surface area contributed by atoms with Crippen LogP contribution in [0.25, 0.3) is 10.6 Å². The first kappa shape index (κ1) is 18.5. The smallest absolute Gasteiger partial charge is 0.228 e. The summed E-state index contributed by atoms with van der Waals surface area (Å²) < 4.78 is 5.34. The van der Waals surface area contributed by atoms with Gasteiger partial charge in [0.15, 0.2) is 5.76 Å². The molecule has 0 spiro atoms. The Hall–Kier alpha value is -2.51. The second kappa shape index (κ2) is 7.72. The summed E-state index contributed by atoms with van der Waals surface area (Å²) >= 11 is 1.61. The number of fused-ring (bicyclic) bond motifs is 1. The molecule has 4 heterocycles. The van der Waals surface area contributed by atoms with Crippen molar-refractivity contribution in [2.24, 2.45) is 5.92 Å². The van der Waals surface area contributed by atoms with Crippen molar-refractivity contribution in [1.82, 2.24) is 19.9 Å². The van der Waals surface area contributed by atoms with E-state index in [1.54, 1.807) is 11.3 Å². The van der Waals surface area contributed by atoms with E-state index in [9.17, 15) is 4.79 Å². The van der Waals surface area contributed by atoms with E-state index in [0.717, 1.165) is 60.3 Å². The Morgan fingerprint density at radius 1 is 1.28 bits per heavy atom. The van der Waals surface area contributed by atoms with E-state index in [0.29, 0.717) is 18.4 Å². The summed E-state index contributed by atoms with van der Waals surface area (Å²) in [5, 5.41) is 6.96. The molecule has 3 aromatic rings. The number of hydrogen-bond donors (Lipinski definition) is 0. The minimum Gasteiger partial charge on any atom is -0.360 e. The lowest BCUT2D eigenvalue weighted by Gasteiger charge is -2.53. The van der Waals surface area contributed by atoms with Crippen LogP contribution < -0.4 is 0 Å². The number of thiazole rings is 1. The normalized spacial score (nSPS) is 21.6. The molecule has 150 valence electrons. The number of carbonyl (C=O) groups is 1. The summed E-state index contributed by atoms with van der Waals surface area (Å²) in [7, 11) is 0. The first-order valence-electron chi connectivity index (χ1n) is 10.1. The van der Waals surface area contributed by atoms with Crippen molar-refractivity contribution < 1.29 is 9.32 Å². The van der Waals surface area contributed by atoms with Crippen LogP contribution in [-0.2, 0) is 17.8 Å². The fourth-order valence-electron chi connectivity index (χ4n) is 4.43. The minimum atomic E-state index is 0.204. The van der Waals surface area contributed by atoms with Crippen LogP contribution in [0.1, 0.15) is 23.6 Å². The highest BCUT2D eigenvalue weighted by atomic mass is 32.1. The van der Waals surface area contributed by atoms with Crippen molar-refractivity contribution in [3.63, 3.8) is 0 Å². The van der Waals surface area contributed by atoms with Crippen LogP contribution in [0.2, 0.25) is 0 Å². The summed E-state index contributed by atoms with van der Waals surface area (Å²) in [6, 6.07) is 12.5. The van der Waals surface area contributed by atoms with Crippen LogP contribution in [0.3, 0.4) is 0 Å². The molecule has 7 heteroatoms. The van der Waals surface area contributed by atoms with Gasteiger partial charge in [0.05, 0.1) is 24.4 Å². The predicted molar refractivity (Wildman–Crippen MR) is 111 cm³/mol. The molecule has 1 aromatic carbocycles. The number of likely N-dealkylation sites (tertiary alicyclic amines) is 2. The quantitative estimate of drug-likeness (QED) is 0.648. The molecule has 2 saturated heterocycles. The van der Waals surface area contributed by atoms with Gasteiger partial charge in [0.1, 0.15) is 5.01 Å². The maximum atomic E-state index is 12.8. The van der Waals surface area contributed by atoms with Gasteiger partial charge in [0, 0.05) is 48.6 Å². The second-order valence-corrected chi connectivity index (χ2v) is 8.88. The van der Waals surface area contributed by atoms with Crippen LogP contribution in [0.5, 0.6) is 0 Å². The standard InChI is InChI=1S/C22H24N4O2S/c1-15-9-19(28-24-15)13-25-8-7-20-17(11-25)12-26(20)21(27)10-18-14-29-22(23-18)16-5-3-2-4-6-16/h2-6,9,14,17,20H,7-8,10-13H2,1H3/t17-,20-/m0/s1. The van der Waals surface area contributed by atoms with E-state index in [4.69, 9.17) is 4.52 Å². The van der Waals surface area contributed by atoms with Crippen LogP contribution in [0, 0.1) is 12.8 Å². The fraction of sp³-hybridized carbons (Fsp3) is 0.409. The molecule has 1 amide bonds. The number of piperidine rings is 1. The Kier molecular flexibility index (Phi) is 4.93. The van der Waals surface area contributed by atoms with Crippen molar-refractivity contribution in [3.05, 3.63) is 58.9 Å². The number of hydrogen-bond acceptors (Lipinski definition) is 6. The third-order valence-corrected chi connectivity index (χ3v) is 6.83. The van der Waals surface area contributed by atoms with E-state index in [-0.39, 0.29) is 5.91 Å². The molecule has 0 bridgehead atoms. The number of aryl methyl sites for hydroxylation is 1. The summed E-state index contributed by atoms with van der Waals surface area (Å²) in [6.07, 6.45) is 1.42. The highest BCUT2D eigenvalue weighted by Gasteiger charge is 2.44. The molecule has 2 aliphatic heterocycles. The summed E-state index contributed by atoms with van der Waals surface area (Å²) in [5.74, 6) is 1.69. The Morgan fingerprint density at radius 3 is 2.90 bits per heavy atom. The Labute approximate surface area is 174 Å². The molecule has 2 atom stereocenters. The summed E-state index contributed by atoms with van der Waals surface area (Å²) in [4.78, 5) is 22.0. The molecule has 6 nitrogen and oxygen atoms in total. The van der Waals surface area contributed by atoms with Crippen molar-refractivity contribution in [2.75, 3.05) is 19.6 Å². The zero-order chi connectivity index (χ0) is 19.8. The van der Waals surface area contributed by atoms with E-state index >= 15 is 0 Å². The highest BCUT2D eigenvalue weighted by molar-refractivity contribution is 7.13. The number of aromatic nitrogens is 2. The van der Waals surface area contributed by atoms with Gasteiger partial charge in [-0.1, -0.05) is 35.5 Å². The molecular weight excluding hydrogens is 384 g/mol. The van der Waals surface area contributed by atoms with Gasteiger partial charge in [0.25, 0.3) is 0 Å². The van der Waals surface area contributed by atoms with Gasteiger partial charge in [-0.2, -0.15) is 0 Å². The average molecular weight is 409 g/mol. The van der Waals surface area contributed by atoms with Gasteiger partial charge in [-0.15, -0.1) is 11.3 Å². The van der Waals surface area contributed by atoms with Gasteiger partial charge >= 0.3 is 0 Å². The monoisotopic (exact) mass is 408 g/mol. The highest BCUT2D eigenvalue weighted by Crippen LogP contribution is 2.33. The topological polar surface area (TPSA) is 62.5 Å². The van der Waals surface area contributed by atoms with Gasteiger partial charge in [0.2, 0.25) is 5.91 Å². The lowest BCUT2D eigenvalue weighted by molar-refractivity contribution is -0.147. The maximum Gasteiger partial charge on any atom is 0.228 e. The van der Waals surface area contributed by atoms with E-state index in [1.807, 2.05) is 36.6 Å². The third-order valence-electron chi connectivity index (χ3n) is 5.89. The number of rotatable bonds is 5. The second-order valence-electron chi connectivity index (χ2n) is 8.02. The lowest BCUT2D eigenvalue weighted by atomic mass is 9.82. The van der Waals surface area contributed by atoms with Crippen molar-refractivity contribution in [1.29, 1.82) is 0 Å². The van der Waals surface area contributed by atoms with Gasteiger partial charge in [-0.25, -0.2) is 4.98 Å². The van der Waals surface area contributed by atoms with Crippen LogP contribution in [-0.4, -0.2) is 51.5 Å². The minimum absolute atomic E-state index is 0.204. The van der Waals surface area contributed by atoms with Crippen molar-refractivity contribution in [2.45, 2.75) is 32.4 Å². The van der Waals surface area contributed by atoms with Crippen LogP contribution in [0.4, 0.5) is 0 Å². The van der Waals surface area contributed by atoms with Gasteiger partial charge in [-0.3, -0.25) is 9.69 Å². The summed E-state index contributed by atoms with van der Waals surface area (Å²) in [6.45, 7) is 5.60. The molecule has 0 unspecified atom stereocenters. The molecule has 29 heavy (non-hydrogen) atoms. The Balaban J connectivity index is 1.15. The molecule has 0 aliphatic carbocycles. The van der Waals surface area contributed by atoms with Crippen LogP contribution in [0.15, 0.2) is 46.3 Å². The van der Waals surface area contributed by atoms with E-state index in [2.05, 4.69) is 32.1 Å². The zero-order valence-corrected chi connectivity index (χ0v) is 17.3. The fourth-order valence-corrected chi connectivity index (χ4v) is 5.26. The number of carbonyl (C=O) groups excluding carboxylic acids is 1. The molecule has 0 N–H and O–H groups in total. The number of amides is 1. The molecule has 0 saturated carbocycles. The molecule has 2 aromatic heterocycles. The first-order chi connectivity index (χ1) is 14.2.